The number of aryl methyl sites for hydroxylation is 3. The molecule has 128 valence electrons. The van der Waals surface area contributed by atoms with E-state index < -0.39 is 0 Å². The van der Waals surface area contributed by atoms with Gasteiger partial charge >= 0.3 is 0 Å². The second kappa shape index (κ2) is 6.16. The Morgan fingerprint density at radius 3 is 2.54 bits per heavy atom. The number of aromatic nitrogens is 4. The fourth-order valence-electron chi connectivity index (χ4n) is 3.27. The van der Waals surface area contributed by atoms with E-state index in [-0.39, 0.29) is 6.61 Å². The van der Waals surface area contributed by atoms with Gasteiger partial charge in [-0.3, -0.25) is 4.40 Å². The van der Waals surface area contributed by atoms with Crippen LogP contribution in [0.25, 0.3) is 28.1 Å². The Morgan fingerprint density at radius 2 is 1.77 bits per heavy atom. The summed E-state index contributed by atoms with van der Waals surface area (Å²) in [5.41, 5.74) is 6.53. The van der Waals surface area contributed by atoms with E-state index in [1.807, 2.05) is 32.0 Å². The van der Waals surface area contributed by atoms with Crippen LogP contribution in [0.3, 0.4) is 0 Å². The molecule has 0 atom stereocenters. The molecule has 26 heavy (non-hydrogen) atoms. The number of pyridine rings is 1. The maximum atomic E-state index is 5.51. The minimum absolute atomic E-state index is 0.175. The van der Waals surface area contributed by atoms with Crippen LogP contribution in [0.4, 0.5) is 0 Å². The van der Waals surface area contributed by atoms with Crippen molar-refractivity contribution < 1.29 is 4.74 Å². The van der Waals surface area contributed by atoms with Gasteiger partial charge in [-0.05, 0) is 32.4 Å². The minimum Gasteiger partial charge on any atom is -0.464 e. The first kappa shape index (κ1) is 16.1. The number of rotatable bonds is 3. The summed E-state index contributed by atoms with van der Waals surface area (Å²) in [4.78, 5) is 14.2. The zero-order chi connectivity index (χ0) is 18.3. The highest BCUT2D eigenvalue weighted by atomic mass is 16.5. The molecular weight excluding hydrogens is 324 g/mol. The summed E-state index contributed by atoms with van der Waals surface area (Å²) >= 11 is 0. The Hall–Kier alpha value is -3.39. The number of nitrogens with zero attached hydrogens (tertiary/aromatic N) is 4. The lowest BCUT2D eigenvalue weighted by Crippen LogP contribution is -2.02. The van der Waals surface area contributed by atoms with Gasteiger partial charge < -0.3 is 4.74 Å². The quantitative estimate of drug-likeness (QED) is 0.530. The molecule has 5 nitrogen and oxygen atoms in total. The zero-order valence-electron chi connectivity index (χ0n) is 14.9. The molecule has 1 aromatic carbocycles. The topological polar surface area (TPSA) is 52.3 Å². The average Bonchev–Trinajstić information content (AvgIpc) is 2.99. The molecule has 0 saturated heterocycles. The van der Waals surface area contributed by atoms with Crippen LogP contribution in [0, 0.1) is 33.1 Å². The van der Waals surface area contributed by atoms with E-state index in [1.54, 1.807) is 6.07 Å². The van der Waals surface area contributed by atoms with Crippen molar-refractivity contribution in [3.63, 3.8) is 0 Å². The lowest BCUT2D eigenvalue weighted by molar-refractivity contribution is 0.356. The van der Waals surface area contributed by atoms with E-state index in [0.29, 0.717) is 11.5 Å². The third-order valence-corrected chi connectivity index (χ3v) is 4.41. The van der Waals surface area contributed by atoms with Crippen molar-refractivity contribution in [2.45, 2.75) is 20.8 Å². The molecule has 0 fully saturated rings. The van der Waals surface area contributed by atoms with E-state index in [1.165, 1.54) is 0 Å². The smallest absolute Gasteiger partial charge is 0.216 e. The number of fused-ring (bicyclic) bond motifs is 3. The molecule has 0 amide bonds. The van der Waals surface area contributed by atoms with Crippen LogP contribution in [0.15, 0.2) is 36.4 Å². The Balaban J connectivity index is 2.10. The van der Waals surface area contributed by atoms with E-state index in [2.05, 4.69) is 34.4 Å². The van der Waals surface area contributed by atoms with Gasteiger partial charge in [0.05, 0.1) is 16.9 Å². The molecule has 0 spiro atoms. The number of ether oxygens (including phenoxy) is 1. The molecule has 0 radical (unpaired) electrons. The van der Waals surface area contributed by atoms with Crippen molar-refractivity contribution >= 4 is 16.7 Å². The molecule has 0 aliphatic rings. The summed E-state index contributed by atoms with van der Waals surface area (Å²) in [6, 6.07) is 11.9. The monoisotopic (exact) mass is 342 g/mol. The van der Waals surface area contributed by atoms with Crippen molar-refractivity contribution in [2.24, 2.45) is 0 Å². The Labute approximate surface area is 151 Å². The van der Waals surface area contributed by atoms with Crippen LogP contribution < -0.4 is 4.74 Å². The Bertz CT molecular complexity index is 1180. The van der Waals surface area contributed by atoms with Crippen LogP contribution in [0.5, 0.6) is 5.88 Å². The van der Waals surface area contributed by atoms with Gasteiger partial charge in [0.2, 0.25) is 5.88 Å². The van der Waals surface area contributed by atoms with Gasteiger partial charge in [0.1, 0.15) is 11.3 Å². The average molecular weight is 342 g/mol. The molecule has 4 rings (SSSR count). The first-order valence-electron chi connectivity index (χ1n) is 8.39. The van der Waals surface area contributed by atoms with Crippen LogP contribution in [0.1, 0.15) is 17.0 Å². The van der Waals surface area contributed by atoms with E-state index in [0.717, 1.165) is 39.4 Å². The maximum absolute atomic E-state index is 5.51. The molecular formula is C21H18N4O. The predicted molar refractivity (Wildman–Crippen MR) is 102 cm³/mol. The first-order chi connectivity index (χ1) is 12.6. The highest BCUT2D eigenvalue weighted by Gasteiger charge is 2.18. The lowest BCUT2D eigenvalue weighted by atomic mass is 10.1. The second-order valence-corrected chi connectivity index (χ2v) is 6.20. The molecule has 0 aliphatic carbocycles. The first-order valence-corrected chi connectivity index (χ1v) is 8.39. The Kier molecular flexibility index (Phi) is 3.81. The van der Waals surface area contributed by atoms with Crippen molar-refractivity contribution in [3.8, 4) is 29.6 Å². The Morgan fingerprint density at radius 1 is 1.00 bits per heavy atom. The highest BCUT2D eigenvalue weighted by Crippen LogP contribution is 2.30. The standard InChI is InChI=1S/C21H18N4O/c1-5-12-26-18-11-10-17-21(24-18)25-19(14(3)22-17)15(4)23-20(25)16-9-7-6-8-13(16)2/h1,6-11H,12H2,2-4H3. The minimum atomic E-state index is 0.175. The van der Waals surface area contributed by atoms with Crippen molar-refractivity contribution in [2.75, 3.05) is 6.61 Å². The number of hydrogen-bond acceptors (Lipinski definition) is 4. The van der Waals surface area contributed by atoms with Crippen molar-refractivity contribution in [1.82, 2.24) is 19.4 Å². The molecule has 4 aromatic rings. The maximum Gasteiger partial charge on any atom is 0.216 e. The molecule has 0 unspecified atom stereocenters. The molecule has 0 aliphatic heterocycles. The molecule has 0 saturated carbocycles. The normalized spacial score (nSPS) is 11.0. The van der Waals surface area contributed by atoms with Gasteiger partial charge in [0.15, 0.2) is 12.3 Å². The third kappa shape index (κ3) is 2.47. The van der Waals surface area contributed by atoms with Gasteiger partial charge in [0, 0.05) is 11.6 Å². The zero-order valence-corrected chi connectivity index (χ0v) is 14.9. The number of benzene rings is 1. The van der Waals surface area contributed by atoms with E-state index in [4.69, 9.17) is 21.1 Å². The van der Waals surface area contributed by atoms with Gasteiger partial charge in [-0.1, -0.05) is 30.2 Å². The van der Waals surface area contributed by atoms with Crippen molar-refractivity contribution in [1.29, 1.82) is 0 Å². The molecule has 0 N–H and O–H groups in total. The largest absolute Gasteiger partial charge is 0.464 e. The summed E-state index contributed by atoms with van der Waals surface area (Å²) in [6.07, 6.45) is 5.29. The lowest BCUT2D eigenvalue weighted by Gasteiger charge is -2.10. The van der Waals surface area contributed by atoms with Gasteiger partial charge in [-0.15, -0.1) is 6.42 Å². The summed E-state index contributed by atoms with van der Waals surface area (Å²) in [5, 5.41) is 0. The van der Waals surface area contributed by atoms with Crippen LogP contribution in [-0.4, -0.2) is 26.0 Å². The third-order valence-electron chi connectivity index (χ3n) is 4.41. The molecule has 5 heteroatoms. The van der Waals surface area contributed by atoms with Crippen molar-refractivity contribution in [3.05, 3.63) is 53.3 Å². The summed E-state index contributed by atoms with van der Waals surface area (Å²) in [5.74, 6) is 3.79. The van der Waals surface area contributed by atoms with Gasteiger partial charge in [-0.25, -0.2) is 9.97 Å². The fourth-order valence-corrected chi connectivity index (χ4v) is 3.27. The molecule has 3 aromatic heterocycles. The highest BCUT2D eigenvalue weighted by molar-refractivity contribution is 5.81. The van der Waals surface area contributed by atoms with E-state index >= 15 is 0 Å². The summed E-state index contributed by atoms with van der Waals surface area (Å²) < 4.78 is 7.58. The summed E-state index contributed by atoms with van der Waals surface area (Å²) in [6.45, 7) is 6.25. The number of hydrogen-bond donors (Lipinski definition) is 0. The van der Waals surface area contributed by atoms with Gasteiger partial charge in [-0.2, -0.15) is 4.98 Å². The van der Waals surface area contributed by atoms with E-state index in [9.17, 15) is 0 Å². The van der Waals surface area contributed by atoms with Gasteiger partial charge in [0.25, 0.3) is 0 Å². The van der Waals surface area contributed by atoms with Crippen LogP contribution in [0.2, 0.25) is 0 Å². The fraction of sp³-hybridized carbons (Fsp3) is 0.190. The SMILES string of the molecule is C#CCOc1ccc2nc(C)c3c(C)nc(-c4ccccc4C)n3c2n1. The van der Waals surface area contributed by atoms with Crippen LogP contribution in [-0.2, 0) is 0 Å². The molecule has 0 bridgehead atoms. The second-order valence-electron chi connectivity index (χ2n) is 6.20. The number of imidazole rings is 1. The van der Waals surface area contributed by atoms with Crippen LogP contribution >= 0.6 is 0 Å². The predicted octanol–water partition coefficient (Wildman–Crippen LogP) is 3.88. The summed E-state index contributed by atoms with van der Waals surface area (Å²) in [7, 11) is 0. The molecule has 3 heterocycles. The number of terminal acetylenes is 1.